The lowest BCUT2D eigenvalue weighted by Crippen LogP contribution is -2.44. The minimum atomic E-state index is -0.142. The first-order valence-electron chi connectivity index (χ1n) is 10.2. The molecule has 2 aliphatic rings. The molecule has 2 atom stereocenters. The van der Waals surface area contributed by atoms with E-state index in [0.29, 0.717) is 19.8 Å². The topological polar surface area (TPSA) is 72.4 Å². The number of nitrogens with one attached hydrogen (secondary N) is 1. The van der Waals surface area contributed by atoms with E-state index in [-0.39, 0.29) is 12.1 Å². The molecule has 5 rings (SSSR count). The van der Waals surface area contributed by atoms with Gasteiger partial charge in [-0.25, -0.2) is 9.97 Å². The second-order valence-electron chi connectivity index (χ2n) is 7.54. The predicted molar refractivity (Wildman–Crippen MR) is 112 cm³/mol. The van der Waals surface area contributed by atoms with Crippen LogP contribution in [0, 0.1) is 0 Å². The van der Waals surface area contributed by atoms with E-state index in [0.717, 1.165) is 53.4 Å². The molecule has 2 aliphatic heterocycles. The highest BCUT2D eigenvalue weighted by atomic mass is 16.5. The van der Waals surface area contributed by atoms with E-state index in [9.17, 15) is 0 Å². The van der Waals surface area contributed by atoms with Crippen LogP contribution in [-0.4, -0.2) is 60.4 Å². The molecular weight excluding hydrogens is 366 g/mol. The van der Waals surface area contributed by atoms with Crippen molar-refractivity contribution in [1.29, 1.82) is 0 Å². The lowest BCUT2D eigenvalue weighted by atomic mass is 10.1. The van der Waals surface area contributed by atoms with E-state index in [2.05, 4.69) is 35.3 Å². The van der Waals surface area contributed by atoms with Gasteiger partial charge in [-0.3, -0.25) is 4.98 Å². The fraction of sp³-hybridized carbons (Fsp3) is 0.409. The van der Waals surface area contributed by atoms with Crippen molar-refractivity contribution in [3.63, 3.8) is 0 Å². The summed E-state index contributed by atoms with van der Waals surface area (Å²) in [6.45, 7) is 6.61. The second kappa shape index (κ2) is 8.02. The van der Waals surface area contributed by atoms with Crippen LogP contribution in [0.1, 0.15) is 18.9 Å². The standard InChI is InChI=1S/C22H25N5O2/c1-15-14-28-10-8-27(15)22-17-12-24-18(16-5-3-2-4-6-16)11-19(17)25-21(26-22)20-13-23-7-9-29-20/h2-6,11-12,15,20,23H,7-10,13-14H2,1H3/t15-,20?/m0/s1. The first-order chi connectivity index (χ1) is 14.3. The Balaban J connectivity index is 1.64. The molecule has 2 aromatic heterocycles. The molecule has 0 bridgehead atoms. The Morgan fingerprint density at radius 3 is 2.83 bits per heavy atom. The van der Waals surface area contributed by atoms with Gasteiger partial charge in [0.2, 0.25) is 0 Å². The van der Waals surface area contributed by atoms with Crippen molar-refractivity contribution < 1.29 is 9.47 Å². The van der Waals surface area contributed by atoms with Gasteiger partial charge >= 0.3 is 0 Å². The van der Waals surface area contributed by atoms with Crippen molar-refractivity contribution in [1.82, 2.24) is 20.3 Å². The molecule has 0 spiro atoms. The third-order valence-electron chi connectivity index (χ3n) is 5.50. The van der Waals surface area contributed by atoms with Gasteiger partial charge in [0.15, 0.2) is 5.82 Å². The second-order valence-corrected chi connectivity index (χ2v) is 7.54. The average Bonchev–Trinajstić information content (AvgIpc) is 2.79. The number of ether oxygens (including phenoxy) is 2. The fourth-order valence-electron chi connectivity index (χ4n) is 3.93. The Morgan fingerprint density at radius 2 is 2.03 bits per heavy atom. The highest BCUT2D eigenvalue weighted by molar-refractivity contribution is 5.91. The van der Waals surface area contributed by atoms with Crippen molar-refractivity contribution >= 4 is 16.7 Å². The van der Waals surface area contributed by atoms with Crippen LogP contribution in [0.4, 0.5) is 5.82 Å². The lowest BCUT2D eigenvalue weighted by Gasteiger charge is -2.35. The molecule has 1 N–H and O–H groups in total. The Kier molecular flexibility index (Phi) is 5.10. The van der Waals surface area contributed by atoms with E-state index in [1.165, 1.54) is 0 Å². The Morgan fingerprint density at radius 1 is 1.14 bits per heavy atom. The maximum Gasteiger partial charge on any atom is 0.161 e. The van der Waals surface area contributed by atoms with Crippen molar-refractivity contribution in [3.05, 3.63) is 48.4 Å². The molecule has 0 amide bonds. The Bertz CT molecular complexity index is 991. The van der Waals surface area contributed by atoms with Crippen LogP contribution in [0.15, 0.2) is 42.6 Å². The Labute approximate surface area is 170 Å². The number of hydrogen-bond donors (Lipinski definition) is 1. The van der Waals surface area contributed by atoms with Crippen LogP contribution in [0.3, 0.4) is 0 Å². The number of benzene rings is 1. The molecule has 0 aliphatic carbocycles. The number of morpholine rings is 2. The van der Waals surface area contributed by atoms with Crippen LogP contribution in [-0.2, 0) is 9.47 Å². The highest BCUT2D eigenvalue weighted by Gasteiger charge is 2.26. The largest absolute Gasteiger partial charge is 0.377 e. The summed E-state index contributed by atoms with van der Waals surface area (Å²) in [6.07, 6.45) is 1.76. The summed E-state index contributed by atoms with van der Waals surface area (Å²) in [5.41, 5.74) is 2.88. The van der Waals surface area contributed by atoms with Gasteiger partial charge in [0.1, 0.15) is 11.9 Å². The zero-order valence-corrected chi connectivity index (χ0v) is 16.5. The first-order valence-corrected chi connectivity index (χ1v) is 10.2. The van der Waals surface area contributed by atoms with Crippen LogP contribution in [0.25, 0.3) is 22.2 Å². The molecule has 0 radical (unpaired) electrons. The van der Waals surface area contributed by atoms with Crippen molar-refractivity contribution in [2.24, 2.45) is 0 Å². The van der Waals surface area contributed by atoms with Crippen LogP contribution in [0.5, 0.6) is 0 Å². The predicted octanol–water partition coefficient (Wildman–Crippen LogP) is 2.58. The van der Waals surface area contributed by atoms with E-state index in [1.54, 1.807) is 0 Å². The minimum Gasteiger partial charge on any atom is -0.377 e. The van der Waals surface area contributed by atoms with Crippen LogP contribution >= 0.6 is 0 Å². The maximum absolute atomic E-state index is 5.95. The average molecular weight is 391 g/mol. The van der Waals surface area contributed by atoms with Gasteiger partial charge in [0, 0.05) is 31.4 Å². The summed E-state index contributed by atoms with van der Waals surface area (Å²) in [5, 5.41) is 4.34. The summed E-state index contributed by atoms with van der Waals surface area (Å²) >= 11 is 0. The number of hydrogen-bond acceptors (Lipinski definition) is 7. The molecular formula is C22H25N5O2. The summed E-state index contributed by atoms with van der Waals surface area (Å²) in [5.74, 6) is 1.64. The molecule has 2 fully saturated rings. The first kappa shape index (κ1) is 18.4. The number of nitrogens with zero attached hydrogens (tertiary/aromatic N) is 4. The third-order valence-corrected chi connectivity index (χ3v) is 5.50. The Hall–Kier alpha value is -2.61. The fourth-order valence-corrected chi connectivity index (χ4v) is 3.93. The molecule has 1 aromatic carbocycles. The van der Waals surface area contributed by atoms with E-state index < -0.39 is 0 Å². The van der Waals surface area contributed by atoms with E-state index >= 15 is 0 Å². The zero-order chi connectivity index (χ0) is 19.6. The van der Waals surface area contributed by atoms with Crippen LogP contribution < -0.4 is 10.2 Å². The third kappa shape index (κ3) is 3.69. The van der Waals surface area contributed by atoms with Gasteiger partial charge in [-0.15, -0.1) is 0 Å². The van der Waals surface area contributed by atoms with Crippen LogP contribution in [0.2, 0.25) is 0 Å². The SMILES string of the molecule is C[C@H]1COCCN1c1nc(C2CNCCO2)nc2cc(-c3ccccc3)ncc12. The van der Waals surface area contributed by atoms with Crippen molar-refractivity contribution in [2.45, 2.75) is 19.1 Å². The van der Waals surface area contributed by atoms with E-state index in [4.69, 9.17) is 24.4 Å². The lowest BCUT2D eigenvalue weighted by molar-refractivity contribution is 0.0223. The molecule has 7 nitrogen and oxygen atoms in total. The zero-order valence-electron chi connectivity index (χ0n) is 16.5. The van der Waals surface area contributed by atoms with Crippen molar-refractivity contribution in [2.75, 3.05) is 44.4 Å². The smallest absolute Gasteiger partial charge is 0.161 e. The molecule has 150 valence electrons. The number of anilines is 1. The number of aromatic nitrogens is 3. The van der Waals surface area contributed by atoms with Gasteiger partial charge in [-0.2, -0.15) is 0 Å². The van der Waals surface area contributed by atoms with Crippen molar-refractivity contribution in [3.8, 4) is 11.3 Å². The molecule has 4 heterocycles. The highest BCUT2D eigenvalue weighted by Crippen LogP contribution is 2.31. The van der Waals surface area contributed by atoms with Gasteiger partial charge in [-0.1, -0.05) is 30.3 Å². The van der Waals surface area contributed by atoms with Gasteiger partial charge < -0.3 is 19.7 Å². The molecule has 0 saturated carbocycles. The number of fused-ring (bicyclic) bond motifs is 1. The monoisotopic (exact) mass is 391 g/mol. The quantitative estimate of drug-likeness (QED) is 0.736. The molecule has 29 heavy (non-hydrogen) atoms. The summed E-state index contributed by atoms with van der Waals surface area (Å²) in [4.78, 5) is 16.9. The summed E-state index contributed by atoms with van der Waals surface area (Å²) in [6, 6.07) is 12.5. The molecule has 3 aromatic rings. The molecule has 2 saturated heterocycles. The van der Waals surface area contributed by atoms with Gasteiger partial charge in [-0.05, 0) is 13.0 Å². The summed E-state index contributed by atoms with van der Waals surface area (Å²) in [7, 11) is 0. The minimum absolute atomic E-state index is 0.142. The number of pyridine rings is 1. The van der Waals surface area contributed by atoms with E-state index in [1.807, 2.05) is 24.4 Å². The summed E-state index contributed by atoms with van der Waals surface area (Å²) < 4.78 is 11.6. The molecule has 1 unspecified atom stereocenters. The maximum atomic E-state index is 5.95. The van der Waals surface area contributed by atoms with Gasteiger partial charge in [0.05, 0.1) is 42.5 Å². The normalized spacial score (nSPS) is 22.7. The van der Waals surface area contributed by atoms with Gasteiger partial charge in [0.25, 0.3) is 0 Å². The molecule has 7 heteroatoms. The number of rotatable bonds is 3.